The number of hydrogen-bond donors (Lipinski definition) is 0. The second-order valence-corrected chi connectivity index (χ2v) is 10.4. The molecule has 1 aromatic heterocycles. The Kier molecular flexibility index (Phi) is 7.26. The van der Waals surface area contributed by atoms with E-state index in [1.165, 1.54) is 11.8 Å². The number of rotatable bonds is 7. The van der Waals surface area contributed by atoms with Crippen LogP contribution in [0.25, 0.3) is 23.0 Å². The molecule has 4 aromatic rings. The zero-order valence-electron chi connectivity index (χ0n) is 20.9. The number of nitrogens with zero attached hydrogens (tertiary/aromatic N) is 3. The van der Waals surface area contributed by atoms with E-state index < -0.39 is 0 Å². The van der Waals surface area contributed by atoms with Crippen molar-refractivity contribution in [2.75, 3.05) is 6.61 Å². The molecule has 1 aliphatic rings. The van der Waals surface area contributed by atoms with Gasteiger partial charge in [-0.25, -0.2) is 4.68 Å². The summed E-state index contributed by atoms with van der Waals surface area (Å²) < 4.78 is 8.14. The van der Waals surface area contributed by atoms with Crippen molar-refractivity contribution in [1.82, 2.24) is 14.7 Å². The molecule has 0 N–H and O–H groups in total. The van der Waals surface area contributed by atoms with Gasteiger partial charge in [-0.15, -0.1) is 0 Å². The molecule has 0 saturated carbocycles. The Morgan fingerprint density at radius 2 is 1.76 bits per heavy atom. The van der Waals surface area contributed by atoms with E-state index in [4.69, 9.17) is 22.1 Å². The Balaban J connectivity index is 1.55. The lowest BCUT2D eigenvalue weighted by Gasteiger charge is -2.23. The third-order valence-corrected chi connectivity index (χ3v) is 7.62. The fourth-order valence-electron chi connectivity index (χ4n) is 4.38. The molecule has 1 saturated heterocycles. The van der Waals surface area contributed by atoms with Crippen LogP contribution in [0.1, 0.15) is 36.6 Å². The molecule has 2 heterocycles. The number of benzene rings is 3. The Labute approximate surface area is 226 Å². The van der Waals surface area contributed by atoms with Gasteiger partial charge in [0, 0.05) is 17.3 Å². The summed E-state index contributed by atoms with van der Waals surface area (Å²) in [5.41, 5.74) is 5.60. The predicted molar refractivity (Wildman–Crippen MR) is 155 cm³/mol. The molecule has 3 aromatic carbocycles. The van der Waals surface area contributed by atoms with Gasteiger partial charge in [0.05, 0.1) is 23.2 Å². The maximum absolute atomic E-state index is 13.5. The maximum Gasteiger partial charge on any atom is 0.266 e. The minimum Gasteiger partial charge on any atom is -0.494 e. The largest absolute Gasteiger partial charge is 0.494 e. The fraction of sp³-hybridized carbons (Fsp3) is 0.167. The van der Waals surface area contributed by atoms with E-state index in [1.807, 2.05) is 111 Å². The number of amides is 1. The highest BCUT2D eigenvalue weighted by Crippen LogP contribution is 2.39. The molecule has 0 bridgehead atoms. The molecule has 1 unspecified atom stereocenters. The molecule has 1 aliphatic heterocycles. The number of carbonyl (C=O) groups is 1. The van der Waals surface area contributed by atoms with Gasteiger partial charge >= 0.3 is 0 Å². The smallest absolute Gasteiger partial charge is 0.266 e. The molecule has 1 amide bonds. The number of para-hydroxylation sites is 1. The van der Waals surface area contributed by atoms with Gasteiger partial charge in [-0.3, -0.25) is 9.69 Å². The standard InChI is InChI=1S/C30H27N3O2S2/c1-4-35-26-16-15-23(17-20(26)2)28-24(19-32(31-28)25-13-9-6-10-14-25)18-27-29(34)33(30(36)37-27)21(3)22-11-7-5-8-12-22/h5-19,21H,4H2,1-3H3. The van der Waals surface area contributed by atoms with Gasteiger partial charge in [0.25, 0.3) is 5.91 Å². The lowest BCUT2D eigenvalue weighted by atomic mass is 10.0. The Hall–Kier alpha value is -3.68. The van der Waals surface area contributed by atoms with Crippen molar-refractivity contribution in [3.05, 3.63) is 107 Å². The van der Waals surface area contributed by atoms with E-state index in [0.717, 1.165) is 39.4 Å². The van der Waals surface area contributed by atoms with Gasteiger partial charge in [-0.1, -0.05) is 72.5 Å². The number of aryl methyl sites for hydroxylation is 1. The lowest BCUT2D eigenvalue weighted by molar-refractivity contribution is -0.123. The quantitative estimate of drug-likeness (QED) is 0.188. The van der Waals surface area contributed by atoms with E-state index in [2.05, 4.69) is 6.07 Å². The van der Waals surface area contributed by atoms with E-state index in [9.17, 15) is 4.79 Å². The number of thioether (sulfide) groups is 1. The summed E-state index contributed by atoms with van der Waals surface area (Å²) in [7, 11) is 0. The summed E-state index contributed by atoms with van der Waals surface area (Å²) in [6, 6.07) is 25.8. The summed E-state index contributed by atoms with van der Waals surface area (Å²) in [4.78, 5) is 15.8. The van der Waals surface area contributed by atoms with Crippen LogP contribution in [-0.2, 0) is 4.79 Å². The van der Waals surface area contributed by atoms with E-state index >= 15 is 0 Å². The predicted octanol–water partition coefficient (Wildman–Crippen LogP) is 7.21. The summed E-state index contributed by atoms with van der Waals surface area (Å²) in [6.07, 6.45) is 3.87. The van der Waals surface area contributed by atoms with Crippen LogP contribution < -0.4 is 4.74 Å². The van der Waals surface area contributed by atoms with Crippen molar-refractivity contribution >= 4 is 40.3 Å². The van der Waals surface area contributed by atoms with Gasteiger partial charge in [0.1, 0.15) is 15.8 Å². The maximum atomic E-state index is 13.5. The van der Waals surface area contributed by atoms with Crippen LogP contribution in [0.3, 0.4) is 0 Å². The zero-order valence-corrected chi connectivity index (χ0v) is 22.6. The second kappa shape index (κ2) is 10.7. The van der Waals surface area contributed by atoms with Crippen LogP contribution in [0.15, 0.2) is 90.0 Å². The molecule has 0 spiro atoms. The molecule has 0 aliphatic carbocycles. The minimum atomic E-state index is -0.153. The van der Waals surface area contributed by atoms with Crippen molar-refractivity contribution in [2.24, 2.45) is 0 Å². The number of thiocarbonyl (C=S) groups is 1. The van der Waals surface area contributed by atoms with Crippen LogP contribution >= 0.6 is 24.0 Å². The van der Waals surface area contributed by atoms with Crippen molar-refractivity contribution in [3.8, 4) is 22.7 Å². The summed E-state index contributed by atoms with van der Waals surface area (Å²) in [5, 5.41) is 4.92. The van der Waals surface area contributed by atoms with Gasteiger partial charge in [0.15, 0.2) is 0 Å². The normalized spacial score (nSPS) is 15.4. The highest BCUT2D eigenvalue weighted by Gasteiger charge is 2.36. The van der Waals surface area contributed by atoms with Crippen molar-refractivity contribution < 1.29 is 9.53 Å². The molecule has 1 fully saturated rings. The molecular weight excluding hydrogens is 498 g/mol. The second-order valence-electron chi connectivity index (χ2n) is 8.76. The molecule has 5 rings (SSSR count). The molecule has 0 radical (unpaired) electrons. The van der Waals surface area contributed by atoms with E-state index in [-0.39, 0.29) is 11.9 Å². The average molecular weight is 526 g/mol. The molecule has 5 nitrogen and oxygen atoms in total. The third kappa shape index (κ3) is 5.10. The first kappa shape index (κ1) is 25.0. The topological polar surface area (TPSA) is 47.4 Å². The Morgan fingerprint density at radius 1 is 1.05 bits per heavy atom. The van der Waals surface area contributed by atoms with Crippen molar-refractivity contribution in [2.45, 2.75) is 26.8 Å². The number of hydrogen-bond acceptors (Lipinski definition) is 5. The Bertz CT molecular complexity index is 1480. The Morgan fingerprint density at radius 3 is 2.43 bits per heavy atom. The van der Waals surface area contributed by atoms with Crippen LogP contribution in [-0.4, -0.2) is 31.5 Å². The van der Waals surface area contributed by atoms with Gasteiger partial charge in [0.2, 0.25) is 0 Å². The van der Waals surface area contributed by atoms with Crippen LogP contribution in [0.4, 0.5) is 0 Å². The lowest BCUT2D eigenvalue weighted by Crippen LogP contribution is -2.30. The first-order chi connectivity index (χ1) is 18.0. The molecule has 7 heteroatoms. The van der Waals surface area contributed by atoms with Crippen molar-refractivity contribution in [1.29, 1.82) is 0 Å². The zero-order chi connectivity index (χ0) is 25.9. The SMILES string of the molecule is CCOc1ccc(-c2nn(-c3ccccc3)cc2C=C2SC(=S)N(C(C)c3ccccc3)C2=O)cc1C. The summed E-state index contributed by atoms with van der Waals surface area (Å²) in [5.74, 6) is 0.763. The van der Waals surface area contributed by atoms with Crippen LogP contribution in [0, 0.1) is 6.92 Å². The summed E-state index contributed by atoms with van der Waals surface area (Å²) in [6.45, 7) is 6.61. The van der Waals surface area contributed by atoms with Gasteiger partial charge < -0.3 is 4.74 Å². The van der Waals surface area contributed by atoms with Gasteiger partial charge in [-0.05, 0) is 68.3 Å². The minimum absolute atomic E-state index is 0.0901. The molecular formula is C30H27N3O2S2. The van der Waals surface area contributed by atoms with Crippen LogP contribution in [0.2, 0.25) is 0 Å². The molecule has 37 heavy (non-hydrogen) atoms. The van der Waals surface area contributed by atoms with Gasteiger partial charge in [-0.2, -0.15) is 5.10 Å². The number of aromatic nitrogens is 2. The van der Waals surface area contributed by atoms with E-state index in [1.54, 1.807) is 4.90 Å². The highest BCUT2D eigenvalue weighted by atomic mass is 32.2. The summed E-state index contributed by atoms with van der Waals surface area (Å²) >= 11 is 6.98. The first-order valence-corrected chi connectivity index (χ1v) is 13.4. The molecule has 1 atom stereocenters. The monoisotopic (exact) mass is 525 g/mol. The molecule has 186 valence electrons. The average Bonchev–Trinajstić information content (AvgIpc) is 3.46. The van der Waals surface area contributed by atoms with E-state index in [0.29, 0.717) is 15.8 Å². The number of carbonyl (C=O) groups excluding carboxylic acids is 1. The fourth-order valence-corrected chi connectivity index (χ4v) is 5.79. The number of ether oxygens (including phenoxy) is 1. The van der Waals surface area contributed by atoms with Crippen LogP contribution in [0.5, 0.6) is 5.75 Å². The third-order valence-electron chi connectivity index (χ3n) is 6.29. The highest BCUT2D eigenvalue weighted by molar-refractivity contribution is 8.26. The first-order valence-electron chi connectivity index (χ1n) is 12.2. The van der Waals surface area contributed by atoms with Crippen molar-refractivity contribution in [3.63, 3.8) is 0 Å².